The average Bonchev–Trinajstić information content (AvgIpc) is 3.01. The summed E-state index contributed by atoms with van der Waals surface area (Å²) in [6.07, 6.45) is 8.62. The van der Waals surface area contributed by atoms with Crippen LogP contribution in [-0.4, -0.2) is 4.98 Å². The molecule has 0 aliphatic heterocycles. The summed E-state index contributed by atoms with van der Waals surface area (Å²) in [6, 6.07) is 6.59. The Morgan fingerprint density at radius 2 is 1.83 bits per heavy atom. The van der Waals surface area contributed by atoms with Crippen LogP contribution >= 0.6 is 11.3 Å². The molecule has 0 saturated heterocycles. The zero-order valence-corrected chi connectivity index (χ0v) is 15.6. The van der Waals surface area contributed by atoms with Crippen LogP contribution in [0.3, 0.4) is 0 Å². The number of allylic oxidation sites excluding steroid dienone is 3. The van der Waals surface area contributed by atoms with Gasteiger partial charge in [-0.2, -0.15) is 0 Å². The first kappa shape index (κ1) is 18.6. The van der Waals surface area contributed by atoms with E-state index in [1.165, 1.54) is 17.1 Å². The Morgan fingerprint density at radius 1 is 1.21 bits per heavy atom. The van der Waals surface area contributed by atoms with E-state index in [4.69, 9.17) is 4.98 Å². The summed E-state index contributed by atoms with van der Waals surface area (Å²) in [5.41, 5.74) is 2.84. The second-order valence-corrected chi connectivity index (χ2v) is 7.07. The minimum absolute atomic E-state index is 0.224. The van der Waals surface area contributed by atoms with Crippen LogP contribution in [0.5, 0.6) is 0 Å². The van der Waals surface area contributed by atoms with Gasteiger partial charge in [0.2, 0.25) is 0 Å². The zero-order valence-electron chi connectivity index (χ0n) is 14.8. The standard InChI is InChI=1S/C21H26FNS/c1-5-8-15(4)20-19(16-11-13-18(22)14-12-16)23-21(24-20)17(9-6-2)10-7-3/h5,8,11-14,17H,4,6-7,9-10H2,1-3H3/b8-5-. The van der Waals surface area contributed by atoms with Crippen molar-refractivity contribution in [3.63, 3.8) is 0 Å². The lowest BCUT2D eigenvalue weighted by Crippen LogP contribution is -1.97. The first-order chi connectivity index (χ1) is 11.6. The fraction of sp³-hybridized carbons (Fsp3) is 0.381. The summed E-state index contributed by atoms with van der Waals surface area (Å²) in [4.78, 5) is 6.04. The first-order valence-electron chi connectivity index (χ1n) is 8.69. The van der Waals surface area contributed by atoms with E-state index in [0.717, 1.165) is 47.4 Å². The first-order valence-corrected chi connectivity index (χ1v) is 9.50. The number of rotatable bonds is 8. The maximum absolute atomic E-state index is 13.3. The highest BCUT2D eigenvalue weighted by Gasteiger charge is 2.20. The van der Waals surface area contributed by atoms with Crippen molar-refractivity contribution >= 4 is 16.9 Å². The Balaban J connectivity index is 2.50. The molecule has 1 aromatic carbocycles. The number of halogens is 1. The SMILES string of the molecule is C=C(/C=C\C)c1sc(C(CCC)CCC)nc1-c1ccc(F)cc1. The van der Waals surface area contributed by atoms with Crippen LogP contribution in [0.1, 0.15) is 62.3 Å². The average molecular weight is 344 g/mol. The molecule has 0 aliphatic carbocycles. The number of hydrogen-bond donors (Lipinski definition) is 0. The largest absolute Gasteiger partial charge is 0.240 e. The van der Waals surface area contributed by atoms with Crippen molar-refractivity contribution in [3.8, 4) is 11.3 Å². The highest BCUT2D eigenvalue weighted by atomic mass is 32.1. The van der Waals surface area contributed by atoms with Gasteiger partial charge in [0.05, 0.1) is 15.6 Å². The quantitative estimate of drug-likeness (QED) is 0.461. The molecule has 128 valence electrons. The summed E-state index contributed by atoms with van der Waals surface area (Å²) in [6.45, 7) is 10.6. The third-order valence-electron chi connectivity index (χ3n) is 4.04. The lowest BCUT2D eigenvalue weighted by Gasteiger charge is -2.11. The Morgan fingerprint density at radius 3 is 2.38 bits per heavy atom. The lowest BCUT2D eigenvalue weighted by atomic mass is 9.99. The predicted octanol–water partition coefficient (Wildman–Crippen LogP) is 7.22. The summed E-state index contributed by atoms with van der Waals surface area (Å²) in [5, 5.41) is 1.18. The molecule has 0 bridgehead atoms. The molecule has 0 radical (unpaired) electrons. The van der Waals surface area contributed by atoms with Crippen LogP contribution in [-0.2, 0) is 0 Å². The highest BCUT2D eigenvalue weighted by molar-refractivity contribution is 7.13. The summed E-state index contributed by atoms with van der Waals surface area (Å²) >= 11 is 1.74. The van der Waals surface area contributed by atoms with Crippen molar-refractivity contribution in [1.29, 1.82) is 0 Å². The third-order valence-corrected chi connectivity index (χ3v) is 5.34. The van der Waals surface area contributed by atoms with Gasteiger partial charge in [0, 0.05) is 11.5 Å². The van der Waals surface area contributed by atoms with Crippen LogP contribution in [0.15, 0.2) is 43.0 Å². The molecule has 0 amide bonds. The van der Waals surface area contributed by atoms with Crippen LogP contribution < -0.4 is 0 Å². The number of thiazole rings is 1. The van der Waals surface area contributed by atoms with Crippen molar-refractivity contribution in [1.82, 2.24) is 4.98 Å². The molecule has 0 atom stereocenters. The smallest absolute Gasteiger partial charge is 0.123 e. The van der Waals surface area contributed by atoms with E-state index < -0.39 is 0 Å². The maximum Gasteiger partial charge on any atom is 0.123 e. The number of benzene rings is 1. The van der Waals surface area contributed by atoms with E-state index in [1.54, 1.807) is 23.5 Å². The molecule has 0 fully saturated rings. The Labute approximate surface area is 149 Å². The second kappa shape index (κ2) is 8.93. The fourth-order valence-corrected chi connectivity index (χ4v) is 4.11. The van der Waals surface area contributed by atoms with Gasteiger partial charge in [0.15, 0.2) is 0 Å². The van der Waals surface area contributed by atoms with Gasteiger partial charge in [0.1, 0.15) is 5.82 Å². The number of aromatic nitrogens is 1. The number of hydrogen-bond acceptors (Lipinski definition) is 2. The molecule has 0 N–H and O–H groups in total. The molecule has 1 aromatic heterocycles. The Bertz CT molecular complexity index is 691. The molecular formula is C21H26FNS. The van der Waals surface area contributed by atoms with E-state index in [1.807, 2.05) is 19.1 Å². The maximum atomic E-state index is 13.3. The molecule has 2 rings (SSSR count). The number of nitrogens with zero attached hydrogens (tertiary/aromatic N) is 1. The van der Waals surface area contributed by atoms with Gasteiger partial charge in [-0.05, 0) is 49.6 Å². The minimum Gasteiger partial charge on any atom is -0.240 e. The van der Waals surface area contributed by atoms with Gasteiger partial charge in [-0.3, -0.25) is 0 Å². The second-order valence-electron chi connectivity index (χ2n) is 6.04. The van der Waals surface area contributed by atoms with Crippen molar-refractivity contribution in [2.24, 2.45) is 0 Å². The van der Waals surface area contributed by atoms with Crippen molar-refractivity contribution in [2.75, 3.05) is 0 Å². The van der Waals surface area contributed by atoms with Gasteiger partial charge in [-0.15, -0.1) is 11.3 Å². The van der Waals surface area contributed by atoms with Crippen LogP contribution in [0, 0.1) is 5.82 Å². The fourth-order valence-electron chi connectivity index (χ4n) is 2.90. The zero-order chi connectivity index (χ0) is 17.5. The van der Waals surface area contributed by atoms with E-state index in [-0.39, 0.29) is 5.82 Å². The van der Waals surface area contributed by atoms with Gasteiger partial charge in [-0.1, -0.05) is 45.4 Å². The summed E-state index contributed by atoms with van der Waals surface area (Å²) < 4.78 is 13.3. The van der Waals surface area contributed by atoms with Gasteiger partial charge in [0.25, 0.3) is 0 Å². The predicted molar refractivity (Wildman–Crippen MR) is 104 cm³/mol. The van der Waals surface area contributed by atoms with Crippen LogP contribution in [0.4, 0.5) is 4.39 Å². The minimum atomic E-state index is -0.224. The molecule has 3 heteroatoms. The highest BCUT2D eigenvalue weighted by Crippen LogP contribution is 2.39. The molecule has 0 unspecified atom stereocenters. The summed E-state index contributed by atoms with van der Waals surface area (Å²) in [5.74, 6) is 0.272. The van der Waals surface area contributed by atoms with Gasteiger partial charge < -0.3 is 0 Å². The van der Waals surface area contributed by atoms with Crippen molar-refractivity contribution in [3.05, 3.63) is 58.7 Å². The van der Waals surface area contributed by atoms with Crippen molar-refractivity contribution < 1.29 is 4.39 Å². The summed E-state index contributed by atoms with van der Waals surface area (Å²) in [7, 11) is 0. The molecule has 2 aromatic rings. The van der Waals surface area contributed by atoms with E-state index in [0.29, 0.717) is 5.92 Å². The lowest BCUT2D eigenvalue weighted by molar-refractivity contribution is 0.558. The molecule has 1 nitrogen and oxygen atoms in total. The third kappa shape index (κ3) is 4.41. The van der Waals surface area contributed by atoms with E-state index in [9.17, 15) is 4.39 Å². The van der Waals surface area contributed by atoms with E-state index in [2.05, 4.69) is 20.4 Å². The molecule has 24 heavy (non-hydrogen) atoms. The van der Waals surface area contributed by atoms with Gasteiger partial charge >= 0.3 is 0 Å². The monoisotopic (exact) mass is 343 g/mol. The molecule has 0 saturated carbocycles. The Kier molecular flexibility index (Phi) is 6.92. The van der Waals surface area contributed by atoms with Crippen LogP contribution in [0.2, 0.25) is 0 Å². The van der Waals surface area contributed by atoms with Crippen molar-refractivity contribution in [2.45, 2.75) is 52.4 Å². The molecule has 0 spiro atoms. The van der Waals surface area contributed by atoms with Crippen LogP contribution in [0.25, 0.3) is 16.8 Å². The normalized spacial score (nSPS) is 11.5. The molecular weight excluding hydrogens is 317 g/mol. The topological polar surface area (TPSA) is 12.9 Å². The van der Waals surface area contributed by atoms with E-state index >= 15 is 0 Å². The van der Waals surface area contributed by atoms with Gasteiger partial charge in [-0.25, -0.2) is 9.37 Å². The Hall–Kier alpha value is -1.74. The molecule has 1 heterocycles. The molecule has 0 aliphatic rings.